The lowest BCUT2D eigenvalue weighted by atomic mass is 9.97. The number of aromatic hydroxyl groups is 3. The summed E-state index contributed by atoms with van der Waals surface area (Å²) in [6.07, 6.45) is -26.0. The minimum atomic E-state index is -2.04. The summed E-state index contributed by atoms with van der Waals surface area (Å²) in [5.74, 6) is -2.36. The van der Waals surface area contributed by atoms with Crippen molar-refractivity contribution in [1.82, 2.24) is 0 Å². The molecule has 0 amide bonds. The van der Waals surface area contributed by atoms with Gasteiger partial charge in [-0.25, -0.2) is 0 Å². The van der Waals surface area contributed by atoms with Crippen molar-refractivity contribution in [2.45, 2.75) is 99.0 Å². The molecule has 0 unspecified atom stereocenters. The molecule has 0 spiro atoms. The Hall–Kier alpha value is -3.71. The summed E-state index contributed by atoms with van der Waals surface area (Å²) < 4.78 is 40.0. The van der Waals surface area contributed by atoms with Gasteiger partial charge in [0.1, 0.15) is 89.3 Å². The van der Waals surface area contributed by atoms with Crippen molar-refractivity contribution in [2.24, 2.45) is 0 Å². The minimum absolute atomic E-state index is 0.118. The highest BCUT2D eigenvalue weighted by Gasteiger charge is 2.52. The Kier molecular flexibility index (Phi) is 11.5. The predicted octanol–water partition coefficient (Wildman–Crippen LogP) is -3.57. The van der Waals surface area contributed by atoms with Crippen LogP contribution in [-0.4, -0.2) is 167 Å². The molecule has 3 fully saturated rings. The summed E-state index contributed by atoms with van der Waals surface area (Å²) in [5.41, 5.74) is -1.21. The largest absolute Gasteiger partial charge is 0.508 e. The van der Waals surface area contributed by atoms with E-state index in [1.165, 1.54) is 31.2 Å². The third-order valence-corrected chi connectivity index (χ3v) is 9.30. The van der Waals surface area contributed by atoms with Crippen molar-refractivity contribution >= 4 is 11.0 Å². The van der Waals surface area contributed by atoms with Gasteiger partial charge in [-0.1, -0.05) is 0 Å². The smallest absolute Gasteiger partial charge is 0.239 e. The zero-order valence-electron chi connectivity index (χ0n) is 27.7. The molecule has 3 aliphatic rings. The first-order chi connectivity index (χ1) is 25.1. The number of aliphatic hydroxyl groups excluding tert-OH is 9. The predicted molar refractivity (Wildman–Crippen MR) is 171 cm³/mol. The van der Waals surface area contributed by atoms with Gasteiger partial charge in [0, 0.05) is 17.7 Å². The van der Waals surface area contributed by atoms with Gasteiger partial charge < -0.3 is 94.1 Å². The standard InChI is InChI=1S/C33H40O20/c1-10-19(38)23(42)27(46)32(48-10)53-30-25(44)21(40)17(9-47-31-26(45)24(43)20(39)16(8-34)50-31)51-33(30)52-29-22(41)18-14(37)6-13(36)7-15(18)49-28(29)11-2-4-12(35)5-3-11/h2-7,10,16-17,19-21,23-27,30-40,42-46H,8-9H2,1H3/t10-,16+,17+,19-,20+,21+,23+,24-,25-,26+,27+,30+,31+,32-,33-/m0/s1. The average molecular weight is 757 g/mol. The van der Waals surface area contributed by atoms with E-state index in [1.807, 2.05) is 0 Å². The van der Waals surface area contributed by atoms with E-state index in [0.717, 1.165) is 12.1 Å². The minimum Gasteiger partial charge on any atom is -0.508 e. The molecule has 4 heterocycles. The molecule has 2 aromatic carbocycles. The van der Waals surface area contributed by atoms with Crippen LogP contribution >= 0.6 is 0 Å². The van der Waals surface area contributed by atoms with Crippen LogP contribution in [-0.2, 0) is 23.7 Å². The summed E-state index contributed by atoms with van der Waals surface area (Å²) >= 11 is 0. The quantitative estimate of drug-likeness (QED) is 0.100. The molecule has 15 atom stereocenters. The number of hydrogen-bond donors (Lipinski definition) is 12. The van der Waals surface area contributed by atoms with Crippen molar-refractivity contribution in [2.75, 3.05) is 13.2 Å². The maximum absolute atomic E-state index is 14.0. The molecule has 3 aromatic rings. The molecule has 0 radical (unpaired) electrons. The third kappa shape index (κ3) is 7.52. The average Bonchev–Trinajstić information content (AvgIpc) is 3.12. The lowest BCUT2D eigenvalue weighted by Gasteiger charge is -2.46. The SMILES string of the molecule is C[C@@H]1O[C@@H](O[C@H]2[C@H](Oc3c(-c4ccc(O)cc4)oc4cc(O)cc(O)c4c3=O)O[C@H](CO[C@@H]3O[C@H](CO)[C@@H](O)[C@H](O)[C@H]3O)[C@@H](O)[C@@H]2O)[C@H](O)[C@H](O)[C@H]1O. The molecular weight excluding hydrogens is 716 g/mol. The van der Waals surface area contributed by atoms with E-state index >= 15 is 0 Å². The summed E-state index contributed by atoms with van der Waals surface area (Å²) in [6, 6.07) is 7.08. The maximum atomic E-state index is 14.0. The first-order valence-corrected chi connectivity index (χ1v) is 16.4. The molecule has 292 valence electrons. The molecule has 0 aliphatic carbocycles. The van der Waals surface area contributed by atoms with Crippen molar-refractivity contribution < 1.29 is 94.1 Å². The second-order valence-electron chi connectivity index (χ2n) is 12.9. The molecule has 12 N–H and O–H groups in total. The fraction of sp³-hybridized carbons (Fsp3) is 0.545. The van der Waals surface area contributed by atoms with Crippen LogP contribution in [0.4, 0.5) is 0 Å². The van der Waals surface area contributed by atoms with Gasteiger partial charge in [0.2, 0.25) is 17.5 Å². The van der Waals surface area contributed by atoms with Gasteiger partial charge in [-0.05, 0) is 31.2 Å². The second kappa shape index (κ2) is 15.6. The molecule has 1 aromatic heterocycles. The lowest BCUT2D eigenvalue weighted by Crippen LogP contribution is -2.65. The van der Waals surface area contributed by atoms with Crippen LogP contribution in [0.2, 0.25) is 0 Å². The first kappa shape index (κ1) is 39.0. The fourth-order valence-electron chi connectivity index (χ4n) is 6.25. The molecule has 3 aliphatic heterocycles. The fourth-order valence-corrected chi connectivity index (χ4v) is 6.25. The van der Waals surface area contributed by atoms with Crippen LogP contribution in [0.15, 0.2) is 45.6 Å². The topological polar surface area (TPSA) is 328 Å². The first-order valence-electron chi connectivity index (χ1n) is 16.4. The van der Waals surface area contributed by atoms with Crippen molar-refractivity contribution in [3.63, 3.8) is 0 Å². The molecule has 0 bridgehead atoms. The van der Waals surface area contributed by atoms with Gasteiger partial charge >= 0.3 is 0 Å². The van der Waals surface area contributed by atoms with Gasteiger partial charge in [-0.15, -0.1) is 0 Å². The molecular formula is C33H40O20. The van der Waals surface area contributed by atoms with Crippen LogP contribution in [0.3, 0.4) is 0 Å². The van der Waals surface area contributed by atoms with E-state index < -0.39 is 133 Å². The number of rotatable bonds is 9. The summed E-state index contributed by atoms with van der Waals surface area (Å²) in [6.45, 7) is -0.157. The highest BCUT2D eigenvalue weighted by Crippen LogP contribution is 2.38. The summed E-state index contributed by atoms with van der Waals surface area (Å²) in [7, 11) is 0. The van der Waals surface area contributed by atoms with Gasteiger partial charge in [0.05, 0.1) is 19.3 Å². The Bertz CT molecular complexity index is 1780. The van der Waals surface area contributed by atoms with Gasteiger partial charge in [0.15, 0.2) is 24.4 Å². The lowest BCUT2D eigenvalue weighted by molar-refractivity contribution is -0.360. The van der Waals surface area contributed by atoms with Crippen molar-refractivity contribution in [3.05, 3.63) is 46.6 Å². The van der Waals surface area contributed by atoms with E-state index in [0.29, 0.717) is 0 Å². The molecule has 3 saturated heterocycles. The van der Waals surface area contributed by atoms with E-state index in [1.54, 1.807) is 0 Å². The van der Waals surface area contributed by atoms with Gasteiger partial charge in [0.25, 0.3) is 0 Å². The zero-order valence-corrected chi connectivity index (χ0v) is 27.7. The van der Waals surface area contributed by atoms with Crippen molar-refractivity contribution in [3.8, 4) is 34.3 Å². The van der Waals surface area contributed by atoms with Crippen LogP contribution in [0.25, 0.3) is 22.3 Å². The number of benzene rings is 2. The van der Waals surface area contributed by atoms with Gasteiger partial charge in [-0.3, -0.25) is 4.79 Å². The normalized spacial score (nSPS) is 37.8. The highest BCUT2D eigenvalue weighted by molar-refractivity contribution is 5.88. The van der Waals surface area contributed by atoms with Crippen LogP contribution in [0.5, 0.6) is 23.0 Å². The zero-order chi connectivity index (χ0) is 38.5. The van der Waals surface area contributed by atoms with E-state index in [2.05, 4.69) is 0 Å². The number of hydrogen-bond acceptors (Lipinski definition) is 20. The second-order valence-corrected chi connectivity index (χ2v) is 12.9. The number of fused-ring (bicyclic) bond motifs is 1. The van der Waals surface area contributed by atoms with Crippen LogP contribution in [0.1, 0.15) is 6.92 Å². The molecule has 20 heteroatoms. The Morgan fingerprint density at radius 2 is 1.30 bits per heavy atom. The maximum Gasteiger partial charge on any atom is 0.239 e. The Balaban J connectivity index is 1.38. The Labute approximate surface area is 298 Å². The summed E-state index contributed by atoms with van der Waals surface area (Å²) in [5, 5.41) is 124. The number of phenolic OH excluding ortho intramolecular Hbond substituents is 3. The highest BCUT2D eigenvalue weighted by atomic mass is 16.8. The number of aliphatic hydroxyl groups is 9. The van der Waals surface area contributed by atoms with E-state index in [4.69, 9.17) is 32.8 Å². The van der Waals surface area contributed by atoms with Crippen LogP contribution in [0, 0.1) is 0 Å². The Morgan fingerprint density at radius 1 is 0.679 bits per heavy atom. The Morgan fingerprint density at radius 3 is 1.98 bits per heavy atom. The number of phenols is 3. The molecule has 53 heavy (non-hydrogen) atoms. The van der Waals surface area contributed by atoms with Gasteiger partial charge in [-0.2, -0.15) is 0 Å². The monoisotopic (exact) mass is 756 g/mol. The molecule has 20 nitrogen and oxygen atoms in total. The van der Waals surface area contributed by atoms with E-state index in [-0.39, 0.29) is 22.7 Å². The molecule has 0 saturated carbocycles. The summed E-state index contributed by atoms with van der Waals surface area (Å²) in [4.78, 5) is 14.0. The van der Waals surface area contributed by atoms with E-state index in [9.17, 15) is 66.1 Å². The third-order valence-electron chi connectivity index (χ3n) is 9.30. The van der Waals surface area contributed by atoms with Crippen molar-refractivity contribution in [1.29, 1.82) is 0 Å². The molecule has 6 rings (SSSR count). The number of ether oxygens (including phenoxy) is 6. The van der Waals surface area contributed by atoms with Crippen LogP contribution < -0.4 is 10.2 Å².